The molecule has 9 heteroatoms. The summed E-state index contributed by atoms with van der Waals surface area (Å²) >= 11 is 9.65. The highest BCUT2D eigenvalue weighted by Gasteiger charge is 2.73. The molecule has 4 aliphatic carbocycles. The molecule has 0 saturated heterocycles. The van der Waals surface area contributed by atoms with Gasteiger partial charge in [-0.3, -0.25) is 14.4 Å². The summed E-state index contributed by atoms with van der Waals surface area (Å²) in [6, 6.07) is 6.94. The molecule has 210 valence electrons. The van der Waals surface area contributed by atoms with Crippen molar-refractivity contribution in [2.24, 2.45) is 22.7 Å². The molecule has 0 aromatic heterocycles. The number of hydrogen-bond acceptors (Lipinski definition) is 6. The van der Waals surface area contributed by atoms with Crippen molar-refractivity contribution in [2.45, 2.75) is 82.4 Å². The number of allylic oxidation sites excluding steroid dienone is 1. The minimum Gasteiger partial charge on any atom is -0.458 e. The van der Waals surface area contributed by atoms with Crippen LogP contribution in [0.15, 0.2) is 35.9 Å². The van der Waals surface area contributed by atoms with E-state index in [9.17, 15) is 19.2 Å². The van der Waals surface area contributed by atoms with Crippen molar-refractivity contribution in [3.63, 3.8) is 0 Å². The molecule has 7 atom stereocenters. The van der Waals surface area contributed by atoms with Crippen molar-refractivity contribution in [2.75, 3.05) is 6.61 Å². The summed E-state index contributed by atoms with van der Waals surface area (Å²) in [7, 11) is 0. The van der Waals surface area contributed by atoms with E-state index >= 15 is 4.39 Å². The maximum atomic E-state index is 15.8. The van der Waals surface area contributed by atoms with Crippen LogP contribution in [0.5, 0.6) is 0 Å². The van der Waals surface area contributed by atoms with E-state index in [4.69, 9.17) is 21.1 Å². The van der Waals surface area contributed by atoms with Gasteiger partial charge in [-0.2, -0.15) is 0 Å². The number of benzene rings is 1. The summed E-state index contributed by atoms with van der Waals surface area (Å²) in [4.78, 5) is 50.4. The molecule has 0 amide bonds. The van der Waals surface area contributed by atoms with Gasteiger partial charge in [0.25, 0.3) is 0 Å². The first-order valence-electron chi connectivity index (χ1n) is 13.5. The van der Waals surface area contributed by atoms with Crippen LogP contribution < -0.4 is 0 Å². The molecule has 0 spiro atoms. The summed E-state index contributed by atoms with van der Waals surface area (Å²) in [5.41, 5.74) is -2.25. The first-order chi connectivity index (χ1) is 18.3. The lowest BCUT2D eigenvalue weighted by molar-refractivity contribution is -0.170. The van der Waals surface area contributed by atoms with Crippen LogP contribution in [-0.4, -0.2) is 46.8 Å². The molecular formula is C30H33ClFIO6. The highest BCUT2D eigenvalue weighted by molar-refractivity contribution is 14.1. The number of carbonyl (C=O) groups is 4. The fourth-order valence-electron chi connectivity index (χ4n) is 8.23. The number of carbonyl (C=O) groups excluding carboxylic acids is 4. The molecule has 0 N–H and O–H groups in total. The Morgan fingerprint density at radius 2 is 1.87 bits per heavy atom. The number of halogens is 3. The maximum absolute atomic E-state index is 15.8. The van der Waals surface area contributed by atoms with Gasteiger partial charge in [0.05, 0.1) is 10.4 Å². The lowest BCUT2D eigenvalue weighted by atomic mass is 9.45. The average Bonchev–Trinajstić information content (AvgIpc) is 3.18. The molecule has 0 unspecified atom stereocenters. The summed E-state index contributed by atoms with van der Waals surface area (Å²) in [5.74, 6) is -2.25. The van der Waals surface area contributed by atoms with Crippen LogP contribution >= 0.6 is 34.2 Å². The Hall–Kier alpha value is -1.81. The normalized spacial score (nSPS) is 39.1. The highest BCUT2D eigenvalue weighted by Crippen LogP contribution is 2.72. The minimum atomic E-state index is -1.55. The molecule has 0 radical (unpaired) electrons. The van der Waals surface area contributed by atoms with E-state index < -0.39 is 51.8 Å². The smallest absolute Gasteiger partial charge is 0.339 e. The van der Waals surface area contributed by atoms with Crippen LogP contribution in [0.2, 0.25) is 0 Å². The third kappa shape index (κ3) is 4.30. The van der Waals surface area contributed by atoms with Crippen molar-refractivity contribution >= 4 is 57.7 Å². The first-order valence-corrected chi connectivity index (χ1v) is 15.0. The molecule has 0 heterocycles. The van der Waals surface area contributed by atoms with Gasteiger partial charge in [0, 0.05) is 27.7 Å². The second-order valence-corrected chi connectivity index (χ2v) is 14.0. The van der Waals surface area contributed by atoms with Gasteiger partial charge in [0.2, 0.25) is 5.78 Å². The zero-order valence-electron chi connectivity index (χ0n) is 22.4. The molecule has 1 aromatic rings. The van der Waals surface area contributed by atoms with Gasteiger partial charge in [-0.1, -0.05) is 19.9 Å². The van der Waals surface area contributed by atoms with Crippen LogP contribution in [0.4, 0.5) is 4.39 Å². The number of ketones is 2. The summed E-state index contributed by atoms with van der Waals surface area (Å²) in [6.07, 6.45) is 2.82. The maximum Gasteiger partial charge on any atom is 0.339 e. The van der Waals surface area contributed by atoms with E-state index in [0.717, 1.165) is 3.57 Å². The molecule has 3 saturated carbocycles. The minimum absolute atomic E-state index is 0.0667. The number of esters is 2. The highest BCUT2D eigenvalue weighted by atomic mass is 127. The molecule has 5 rings (SSSR count). The van der Waals surface area contributed by atoms with Crippen LogP contribution in [0, 0.1) is 26.2 Å². The average molecular weight is 671 g/mol. The number of hydrogen-bond donors (Lipinski definition) is 0. The fourth-order valence-corrected chi connectivity index (χ4v) is 9.31. The Bertz CT molecular complexity index is 1280. The van der Waals surface area contributed by atoms with Crippen LogP contribution in [-0.2, 0) is 23.9 Å². The Morgan fingerprint density at radius 3 is 2.56 bits per heavy atom. The van der Waals surface area contributed by atoms with Crippen LogP contribution in [0.1, 0.15) is 76.1 Å². The van der Waals surface area contributed by atoms with E-state index in [1.165, 1.54) is 13.0 Å². The molecule has 4 aliphatic rings. The Kier molecular flexibility index (Phi) is 7.31. The van der Waals surface area contributed by atoms with Gasteiger partial charge in [0.15, 0.2) is 18.0 Å². The van der Waals surface area contributed by atoms with Gasteiger partial charge in [-0.05, 0) is 103 Å². The molecule has 0 aliphatic heterocycles. The number of fused-ring (bicyclic) bond motifs is 5. The largest absolute Gasteiger partial charge is 0.458 e. The second kappa shape index (κ2) is 9.93. The van der Waals surface area contributed by atoms with Crippen LogP contribution in [0.25, 0.3) is 0 Å². The van der Waals surface area contributed by atoms with Crippen molar-refractivity contribution in [3.8, 4) is 0 Å². The third-order valence-corrected chi connectivity index (χ3v) is 11.9. The SMILES string of the molecule is CC(=O)OCC(=O)[C@@]1(OC(=O)c2cccc(I)c2)CC[C@H]2[C@@H]3C[C@H](F)C4=CC(=O)CC[C@]4(C)[C@@]3(Cl)CC[C@@]21C. The Morgan fingerprint density at radius 1 is 1.13 bits per heavy atom. The zero-order valence-corrected chi connectivity index (χ0v) is 25.3. The van der Waals surface area contributed by atoms with Gasteiger partial charge < -0.3 is 9.47 Å². The monoisotopic (exact) mass is 670 g/mol. The van der Waals surface area contributed by atoms with E-state index in [2.05, 4.69) is 22.6 Å². The van der Waals surface area contributed by atoms with Gasteiger partial charge >= 0.3 is 11.9 Å². The van der Waals surface area contributed by atoms with Gasteiger partial charge in [0.1, 0.15) is 6.17 Å². The number of rotatable bonds is 5. The lowest BCUT2D eigenvalue weighted by Gasteiger charge is -2.63. The topological polar surface area (TPSA) is 86.7 Å². The predicted molar refractivity (Wildman–Crippen MR) is 151 cm³/mol. The third-order valence-electron chi connectivity index (χ3n) is 10.4. The summed E-state index contributed by atoms with van der Waals surface area (Å²) in [6.45, 7) is 4.64. The van der Waals surface area contributed by atoms with Gasteiger partial charge in [-0.25, -0.2) is 9.18 Å². The van der Waals surface area contributed by atoms with Gasteiger partial charge in [-0.15, -0.1) is 11.6 Å². The number of Topliss-reactive ketones (excluding diaryl/α,β-unsaturated/α-hetero) is 1. The Labute approximate surface area is 246 Å². The van der Waals surface area contributed by atoms with E-state index in [1.807, 2.05) is 19.9 Å². The quantitative estimate of drug-likeness (QED) is 0.212. The molecule has 0 bridgehead atoms. The summed E-state index contributed by atoms with van der Waals surface area (Å²) < 4.78 is 28.0. The lowest BCUT2D eigenvalue weighted by Crippen LogP contribution is -2.65. The van der Waals surface area contributed by atoms with Crippen molar-refractivity contribution in [3.05, 3.63) is 45.0 Å². The molecule has 39 heavy (non-hydrogen) atoms. The standard InChI is InChI=1S/C30H33ClFIO6/c1-17(34)38-16-25(36)30(39-26(37)18-5-4-6-19(33)13-18)10-8-21-22-15-24(32)23-14-20(35)7-9-27(23,2)29(22,31)12-11-28(21,30)3/h4-6,13-14,21-22,24H,7-12,15-16H2,1-3H3/t21-,22-,24-,27-,28-,29+,30-/m0/s1. The van der Waals surface area contributed by atoms with E-state index in [0.29, 0.717) is 43.2 Å². The van der Waals surface area contributed by atoms with E-state index in [-0.39, 0.29) is 30.5 Å². The number of alkyl halides is 2. The first kappa shape index (κ1) is 28.7. The molecule has 3 fully saturated rings. The molecule has 6 nitrogen and oxygen atoms in total. The molecule has 1 aromatic carbocycles. The van der Waals surface area contributed by atoms with Crippen molar-refractivity contribution in [1.82, 2.24) is 0 Å². The second-order valence-electron chi connectivity index (χ2n) is 12.1. The Balaban J connectivity index is 1.55. The van der Waals surface area contributed by atoms with E-state index in [1.54, 1.807) is 18.2 Å². The zero-order chi connectivity index (χ0) is 28.4. The molecular weight excluding hydrogens is 638 g/mol. The van der Waals surface area contributed by atoms with Crippen molar-refractivity contribution < 1.29 is 33.0 Å². The number of ether oxygens (including phenoxy) is 2. The van der Waals surface area contributed by atoms with Crippen molar-refractivity contribution in [1.29, 1.82) is 0 Å². The fraction of sp³-hybridized carbons (Fsp3) is 0.600. The van der Waals surface area contributed by atoms with Crippen LogP contribution in [0.3, 0.4) is 0 Å². The summed E-state index contributed by atoms with van der Waals surface area (Å²) in [5, 5.41) is 0. The predicted octanol–water partition coefficient (Wildman–Crippen LogP) is 6.16.